The van der Waals surface area contributed by atoms with Crippen molar-refractivity contribution in [3.63, 3.8) is 0 Å². The van der Waals surface area contributed by atoms with Gasteiger partial charge in [0.25, 0.3) is 6.43 Å². The minimum Gasteiger partial charge on any atom is -0.376 e. The minimum atomic E-state index is -2.48. The third-order valence-electron chi connectivity index (χ3n) is 3.25. The van der Waals surface area contributed by atoms with Crippen molar-refractivity contribution in [2.75, 3.05) is 11.9 Å². The Kier molecular flexibility index (Phi) is 5.31. The summed E-state index contributed by atoms with van der Waals surface area (Å²) in [6, 6.07) is 12.1. The second-order valence-corrected chi connectivity index (χ2v) is 5.74. The van der Waals surface area contributed by atoms with Crippen molar-refractivity contribution in [2.45, 2.75) is 19.4 Å². The van der Waals surface area contributed by atoms with Crippen LogP contribution in [-0.2, 0) is 0 Å². The Labute approximate surface area is 131 Å². The molecule has 2 aromatic carbocycles. The highest BCUT2D eigenvalue weighted by Crippen LogP contribution is 2.29. The van der Waals surface area contributed by atoms with Gasteiger partial charge >= 0.3 is 0 Å². The summed E-state index contributed by atoms with van der Waals surface area (Å²) in [5.41, 5.74) is 8.57. The molecule has 2 nitrogen and oxygen atoms in total. The molecular formula is C16H17BrF2N2. The second-order valence-electron chi connectivity index (χ2n) is 4.89. The van der Waals surface area contributed by atoms with Crippen LogP contribution in [0.1, 0.15) is 29.2 Å². The molecule has 2 aromatic rings. The maximum atomic E-state index is 12.8. The molecule has 0 spiro atoms. The Bertz CT molecular complexity index is 617. The van der Waals surface area contributed by atoms with Crippen molar-refractivity contribution < 1.29 is 8.78 Å². The van der Waals surface area contributed by atoms with Crippen LogP contribution in [0.4, 0.5) is 14.5 Å². The van der Waals surface area contributed by atoms with Crippen LogP contribution in [0.3, 0.4) is 0 Å². The lowest BCUT2D eigenvalue weighted by molar-refractivity contribution is 0.151. The summed E-state index contributed by atoms with van der Waals surface area (Å²) in [7, 11) is 0. The van der Waals surface area contributed by atoms with E-state index in [4.69, 9.17) is 5.73 Å². The first-order valence-corrected chi connectivity index (χ1v) is 7.41. The topological polar surface area (TPSA) is 38.0 Å². The van der Waals surface area contributed by atoms with Crippen LogP contribution in [0, 0.1) is 6.92 Å². The number of aryl methyl sites for hydroxylation is 1. The summed E-state index contributed by atoms with van der Waals surface area (Å²) >= 11 is 3.48. The highest BCUT2D eigenvalue weighted by molar-refractivity contribution is 9.10. The molecule has 112 valence electrons. The van der Waals surface area contributed by atoms with Gasteiger partial charge in [-0.3, -0.25) is 0 Å². The van der Waals surface area contributed by atoms with E-state index in [0.717, 1.165) is 21.3 Å². The van der Waals surface area contributed by atoms with Crippen molar-refractivity contribution in [1.82, 2.24) is 0 Å². The van der Waals surface area contributed by atoms with Gasteiger partial charge in [-0.1, -0.05) is 24.3 Å². The fourth-order valence-corrected chi connectivity index (χ4v) is 2.49. The molecule has 21 heavy (non-hydrogen) atoms. The summed E-state index contributed by atoms with van der Waals surface area (Å²) in [4.78, 5) is 0. The lowest BCUT2D eigenvalue weighted by atomic mass is 10.0. The number of alkyl halides is 2. The maximum Gasteiger partial charge on any atom is 0.263 e. The van der Waals surface area contributed by atoms with Gasteiger partial charge in [-0.15, -0.1) is 0 Å². The first-order valence-electron chi connectivity index (χ1n) is 6.62. The molecule has 0 amide bonds. The van der Waals surface area contributed by atoms with Crippen LogP contribution in [0.5, 0.6) is 0 Å². The van der Waals surface area contributed by atoms with Gasteiger partial charge in [0.2, 0.25) is 0 Å². The molecule has 3 N–H and O–H groups in total. The van der Waals surface area contributed by atoms with Gasteiger partial charge < -0.3 is 11.1 Å². The van der Waals surface area contributed by atoms with E-state index in [2.05, 4.69) is 21.2 Å². The molecule has 5 heteroatoms. The van der Waals surface area contributed by atoms with Gasteiger partial charge in [0.05, 0.1) is 6.04 Å². The van der Waals surface area contributed by atoms with Crippen LogP contribution < -0.4 is 11.1 Å². The van der Waals surface area contributed by atoms with E-state index in [9.17, 15) is 8.78 Å². The first-order chi connectivity index (χ1) is 10.0. The van der Waals surface area contributed by atoms with Crippen LogP contribution in [0.25, 0.3) is 0 Å². The molecule has 0 heterocycles. The number of hydrogen-bond donors (Lipinski definition) is 2. The predicted octanol–water partition coefficient (Wildman–Crippen LogP) is 4.81. The average molecular weight is 355 g/mol. The Morgan fingerprint density at radius 1 is 1.14 bits per heavy atom. The number of benzene rings is 2. The van der Waals surface area contributed by atoms with Gasteiger partial charge in [-0.2, -0.15) is 0 Å². The SMILES string of the molecule is Cc1ccc(Br)c(NC(CN)c2cccc(C(F)F)c2)c1. The number of nitrogens with one attached hydrogen (secondary N) is 1. The molecule has 0 radical (unpaired) electrons. The molecule has 0 saturated carbocycles. The molecule has 0 aliphatic carbocycles. The zero-order chi connectivity index (χ0) is 15.4. The van der Waals surface area contributed by atoms with Gasteiger partial charge in [0.15, 0.2) is 0 Å². The average Bonchev–Trinajstić information content (AvgIpc) is 2.48. The third-order valence-corrected chi connectivity index (χ3v) is 3.94. The maximum absolute atomic E-state index is 12.8. The molecule has 1 atom stereocenters. The van der Waals surface area contributed by atoms with Crippen molar-refractivity contribution in [2.24, 2.45) is 5.73 Å². The summed E-state index contributed by atoms with van der Waals surface area (Å²) in [6.45, 7) is 2.31. The van der Waals surface area contributed by atoms with E-state index >= 15 is 0 Å². The van der Waals surface area contributed by atoms with E-state index in [1.54, 1.807) is 12.1 Å². The zero-order valence-electron chi connectivity index (χ0n) is 11.6. The summed E-state index contributed by atoms with van der Waals surface area (Å²) in [5.74, 6) is 0. The summed E-state index contributed by atoms with van der Waals surface area (Å²) in [6.07, 6.45) is -2.48. The van der Waals surface area contributed by atoms with E-state index < -0.39 is 6.43 Å². The van der Waals surface area contributed by atoms with Gasteiger partial charge in [0, 0.05) is 22.3 Å². The van der Waals surface area contributed by atoms with E-state index in [1.165, 1.54) is 12.1 Å². The molecule has 0 aliphatic rings. The fourth-order valence-electron chi connectivity index (χ4n) is 2.13. The molecular weight excluding hydrogens is 338 g/mol. The van der Waals surface area contributed by atoms with Crippen molar-refractivity contribution in [3.05, 3.63) is 63.6 Å². The van der Waals surface area contributed by atoms with Gasteiger partial charge in [-0.25, -0.2) is 8.78 Å². The lowest BCUT2D eigenvalue weighted by Gasteiger charge is -2.20. The number of anilines is 1. The Morgan fingerprint density at radius 3 is 2.52 bits per heavy atom. The highest BCUT2D eigenvalue weighted by atomic mass is 79.9. The minimum absolute atomic E-state index is 0.0102. The monoisotopic (exact) mass is 354 g/mol. The Morgan fingerprint density at radius 2 is 1.86 bits per heavy atom. The number of rotatable bonds is 5. The summed E-state index contributed by atoms with van der Waals surface area (Å²) < 4.78 is 26.5. The largest absolute Gasteiger partial charge is 0.376 e. The molecule has 1 unspecified atom stereocenters. The quantitative estimate of drug-likeness (QED) is 0.808. The van der Waals surface area contributed by atoms with Crippen molar-refractivity contribution >= 4 is 21.6 Å². The number of nitrogens with two attached hydrogens (primary N) is 1. The zero-order valence-corrected chi connectivity index (χ0v) is 13.2. The molecule has 0 fully saturated rings. The van der Waals surface area contributed by atoms with E-state index in [1.807, 2.05) is 25.1 Å². The molecule has 0 bridgehead atoms. The van der Waals surface area contributed by atoms with E-state index in [0.29, 0.717) is 6.54 Å². The molecule has 0 aromatic heterocycles. The molecule has 0 saturated heterocycles. The van der Waals surface area contributed by atoms with Crippen molar-refractivity contribution in [1.29, 1.82) is 0 Å². The smallest absolute Gasteiger partial charge is 0.263 e. The van der Waals surface area contributed by atoms with Crippen LogP contribution in [0.2, 0.25) is 0 Å². The fraction of sp³-hybridized carbons (Fsp3) is 0.250. The summed E-state index contributed by atoms with van der Waals surface area (Å²) in [5, 5.41) is 3.30. The Hall–Kier alpha value is -1.46. The number of halogens is 3. The van der Waals surface area contributed by atoms with Crippen LogP contribution >= 0.6 is 15.9 Å². The lowest BCUT2D eigenvalue weighted by Crippen LogP contribution is -2.21. The third kappa shape index (κ3) is 4.02. The second kappa shape index (κ2) is 7.00. The molecule has 2 rings (SSSR count). The van der Waals surface area contributed by atoms with E-state index in [-0.39, 0.29) is 11.6 Å². The van der Waals surface area contributed by atoms with Crippen molar-refractivity contribution in [3.8, 4) is 0 Å². The first kappa shape index (κ1) is 15.9. The number of hydrogen-bond acceptors (Lipinski definition) is 2. The normalized spacial score (nSPS) is 12.5. The van der Waals surface area contributed by atoms with Gasteiger partial charge in [0.1, 0.15) is 0 Å². The molecule has 0 aliphatic heterocycles. The van der Waals surface area contributed by atoms with Gasteiger partial charge in [-0.05, 0) is 52.2 Å². The predicted molar refractivity (Wildman–Crippen MR) is 85.7 cm³/mol. The van der Waals surface area contributed by atoms with Crippen LogP contribution in [0.15, 0.2) is 46.9 Å². The highest BCUT2D eigenvalue weighted by Gasteiger charge is 2.14. The Balaban J connectivity index is 2.27. The van der Waals surface area contributed by atoms with Crippen LogP contribution in [-0.4, -0.2) is 6.54 Å². The standard InChI is InChI=1S/C16H17BrF2N2/c1-10-5-6-13(17)14(7-10)21-15(9-20)11-3-2-4-12(8-11)16(18)19/h2-8,15-16,21H,9,20H2,1H3.